The normalized spacial score (nSPS) is 16.2. The molecule has 0 heterocycles. The van der Waals surface area contributed by atoms with Gasteiger partial charge in [0.25, 0.3) is 0 Å². The van der Waals surface area contributed by atoms with Crippen LogP contribution < -0.4 is 16.8 Å². The van der Waals surface area contributed by atoms with Gasteiger partial charge in [-0.25, -0.2) is 0 Å². The van der Waals surface area contributed by atoms with Crippen molar-refractivity contribution < 1.29 is 0 Å². The third-order valence-corrected chi connectivity index (χ3v) is 1.95. The van der Waals surface area contributed by atoms with Gasteiger partial charge in [0.05, 0.1) is 0 Å². The lowest BCUT2D eigenvalue weighted by molar-refractivity contribution is 0.476. The second-order valence-electron chi connectivity index (χ2n) is 4.37. The minimum atomic E-state index is 0.254. The molecule has 1 unspecified atom stereocenters. The summed E-state index contributed by atoms with van der Waals surface area (Å²) < 4.78 is 0. The molecule has 80 valence electrons. The lowest BCUT2D eigenvalue weighted by Gasteiger charge is -2.14. The highest BCUT2D eigenvalue weighted by Crippen LogP contribution is 1.97. The van der Waals surface area contributed by atoms with E-state index in [4.69, 9.17) is 11.5 Å². The highest BCUT2D eigenvalue weighted by atomic mass is 14.9. The minimum Gasteiger partial charge on any atom is -0.328 e. The summed E-state index contributed by atoms with van der Waals surface area (Å²) in [5.74, 6) is 0.695. The second-order valence-corrected chi connectivity index (χ2v) is 4.37. The van der Waals surface area contributed by atoms with Crippen LogP contribution >= 0.6 is 0 Å². The molecule has 0 aromatic heterocycles. The van der Waals surface area contributed by atoms with Crippen LogP contribution in [0.1, 0.15) is 33.6 Å². The summed E-state index contributed by atoms with van der Waals surface area (Å²) in [7, 11) is 0. The van der Waals surface area contributed by atoms with Crippen LogP contribution in [0.4, 0.5) is 0 Å². The molecule has 0 fully saturated rings. The van der Waals surface area contributed by atoms with Gasteiger partial charge in [-0.15, -0.1) is 0 Å². The molecular weight excluding hydrogens is 162 g/mol. The standard InChI is InChI=1S/C10H25N3/c1-8(2)6-13-7-10(12)5-4-9(3)11/h8-10,13H,4-7,11-12H2,1-3H3/t9?,10-/m0/s1. The van der Waals surface area contributed by atoms with Crippen LogP contribution in [0.2, 0.25) is 0 Å². The molecule has 0 saturated carbocycles. The van der Waals surface area contributed by atoms with Crippen LogP contribution in [0.5, 0.6) is 0 Å². The van der Waals surface area contributed by atoms with Crippen molar-refractivity contribution >= 4 is 0 Å². The maximum atomic E-state index is 5.89. The van der Waals surface area contributed by atoms with Crippen molar-refractivity contribution in [2.45, 2.75) is 45.7 Å². The van der Waals surface area contributed by atoms with Crippen molar-refractivity contribution in [2.24, 2.45) is 17.4 Å². The first kappa shape index (κ1) is 12.9. The Morgan fingerprint density at radius 1 is 1.00 bits per heavy atom. The van der Waals surface area contributed by atoms with Crippen molar-refractivity contribution in [2.75, 3.05) is 13.1 Å². The van der Waals surface area contributed by atoms with Crippen molar-refractivity contribution in [3.63, 3.8) is 0 Å². The van der Waals surface area contributed by atoms with E-state index in [2.05, 4.69) is 19.2 Å². The van der Waals surface area contributed by atoms with Gasteiger partial charge < -0.3 is 16.8 Å². The first-order valence-corrected chi connectivity index (χ1v) is 5.24. The Bertz CT molecular complexity index is 113. The molecular formula is C10H25N3. The van der Waals surface area contributed by atoms with E-state index in [1.807, 2.05) is 6.92 Å². The Kier molecular flexibility index (Phi) is 7.23. The largest absolute Gasteiger partial charge is 0.328 e. The lowest BCUT2D eigenvalue weighted by Crippen LogP contribution is -2.36. The monoisotopic (exact) mass is 187 g/mol. The van der Waals surface area contributed by atoms with E-state index in [1.165, 1.54) is 0 Å². The van der Waals surface area contributed by atoms with Crippen LogP contribution in [-0.2, 0) is 0 Å². The third-order valence-electron chi connectivity index (χ3n) is 1.95. The van der Waals surface area contributed by atoms with Gasteiger partial charge in [-0.1, -0.05) is 13.8 Å². The fourth-order valence-electron chi connectivity index (χ4n) is 1.14. The van der Waals surface area contributed by atoms with Crippen molar-refractivity contribution in [3.05, 3.63) is 0 Å². The Hall–Kier alpha value is -0.120. The molecule has 3 nitrogen and oxygen atoms in total. The van der Waals surface area contributed by atoms with E-state index in [-0.39, 0.29) is 12.1 Å². The summed E-state index contributed by atoms with van der Waals surface area (Å²) in [6.45, 7) is 8.37. The van der Waals surface area contributed by atoms with Gasteiger partial charge in [0.1, 0.15) is 0 Å². The van der Waals surface area contributed by atoms with Crippen LogP contribution in [0.3, 0.4) is 0 Å². The molecule has 0 bridgehead atoms. The molecule has 2 atom stereocenters. The Labute approximate surface area is 82.3 Å². The zero-order valence-electron chi connectivity index (χ0n) is 9.22. The molecule has 3 heteroatoms. The van der Waals surface area contributed by atoms with Crippen LogP contribution in [0.15, 0.2) is 0 Å². The summed E-state index contributed by atoms with van der Waals surface area (Å²) in [4.78, 5) is 0. The van der Waals surface area contributed by atoms with Gasteiger partial charge in [-0.2, -0.15) is 0 Å². The highest BCUT2D eigenvalue weighted by molar-refractivity contribution is 4.67. The minimum absolute atomic E-state index is 0.254. The first-order valence-electron chi connectivity index (χ1n) is 5.24. The fraction of sp³-hybridized carbons (Fsp3) is 1.00. The Morgan fingerprint density at radius 2 is 1.62 bits per heavy atom. The molecule has 0 radical (unpaired) electrons. The molecule has 13 heavy (non-hydrogen) atoms. The van der Waals surface area contributed by atoms with Crippen LogP contribution in [0, 0.1) is 5.92 Å². The molecule has 0 rings (SSSR count). The highest BCUT2D eigenvalue weighted by Gasteiger charge is 2.03. The van der Waals surface area contributed by atoms with Gasteiger partial charge in [-0.05, 0) is 32.2 Å². The third kappa shape index (κ3) is 9.80. The zero-order chi connectivity index (χ0) is 10.3. The van der Waals surface area contributed by atoms with Crippen molar-refractivity contribution in [1.29, 1.82) is 0 Å². The maximum Gasteiger partial charge on any atom is 0.0165 e. The molecule has 0 spiro atoms. The molecule has 0 saturated heterocycles. The Balaban J connectivity index is 3.25. The van der Waals surface area contributed by atoms with Gasteiger partial charge in [0.2, 0.25) is 0 Å². The molecule has 0 amide bonds. The summed E-state index contributed by atoms with van der Waals surface area (Å²) in [6.07, 6.45) is 2.04. The molecule has 0 aromatic rings. The summed E-state index contributed by atoms with van der Waals surface area (Å²) in [6, 6.07) is 0.529. The summed E-state index contributed by atoms with van der Waals surface area (Å²) >= 11 is 0. The predicted octanol–water partition coefficient (Wildman–Crippen LogP) is 0.687. The maximum absolute atomic E-state index is 5.89. The van der Waals surface area contributed by atoms with Crippen molar-refractivity contribution in [1.82, 2.24) is 5.32 Å². The van der Waals surface area contributed by atoms with Crippen molar-refractivity contribution in [3.8, 4) is 0 Å². The molecule has 0 aliphatic carbocycles. The molecule has 0 aliphatic rings. The number of rotatable bonds is 7. The van der Waals surface area contributed by atoms with E-state index in [9.17, 15) is 0 Å². The summed E-state index contributed by atoms with van der Waals surface area (Å²) in [5, 5.41) is 3.34. The smallest absolute Gasteiger partial charge is 0.0165 e. The number of nitrogens with one attached hydrogen (secondary N) is 1. The van der Waals surface area contributed by atoms with Gasteiger partial charge >= 0.3 is 0 Å². The average Bonchev–Trinajstić information content (AvgIpc) is 2.00. The first-order chi connectivity index (χ1) is 6.02. The fourth-order valence-corrected chi connectivity index (χ4v) is 1.14. The van der Waals surface area contributed by atoms with Gasteiger partial charge in [-0.3, -0.25) is 0 Å². The molecule has 0 aliphatic heterocycles. The van der Waals surface area contributed by atoms with E-state index in [1.54, 1.807) is 0 Å². The Morgan fingerprint density at radius 3 is 2.08 bits per heavy atom. The van der Waals surface area contributed by atoms with Gasteiger partial charge in [0, 0.05) is 18.6 Å². The zero-order valence-corrected chi connectivity index (χ0v) is 9.22. The van der Waals surface area contributed by atoms with E-state index in [0.717, 1.165) is 25.9 Å². The quantitative estimate of drug-likeness (QED) is 0.549. The number of nitrogens with two attached hydrogens (primary N) is 2. The summed E-state index contributed by atoms with van der Waals surface area (Å²) in [5.41, 5.74) is 11.5. The van der Waals surface area contributed by atoms with Crippen LogP contribution in [-0.4, -0.2) is 25.2 Å². The van der Waals surface area contributed by atoms with E-state index in [0.29, 0.717) is 5.92 Å². The SMILES string of the molecule is CC(C)CNC[C@@H](N)CCC(C)N. The average molecular weight is 187 g/mol. The molecule has 5 N–H and O–H groups in total. The number of hydrogen-bond acceptors (Lipinski definition) is 3. The predicted molar refractivity (Wildman–Crippen MR) is 58.6 cm³/mol. The number of hydrogen-bond donors (Lipinski definition) is 3. The van der Waals surface area contributed by atoms with Gasteiger partial charge in [0.15, 0.2) is 0 Å². The molecule has 0 aromatic carbocycles. The van der Waals surface area contributed by atoms with Crippen LogP contribution in [0.25, 0.3) is 0 Å². The second kappa shape index (κ2) is 7.30. The van der Waals surface area contributed by atoms with E-state index < -0.39 is 0 Å². The lowest BCUT2D eigenvalue weighted by atomic mass is 10.1. The topological polar surface area (TPSA) is 64.1 Å². The van der Waals surface area contributed by atoms with E-state index >= 15 is 0 Å².